The van der Waals surface area contributed by atoms with Crippen molar-refractivity contribution in [2.75, 3.05) is 5.01 Å². The zero-order valence-corrected chi connectivity index (χ0v) is 8.27. The lowest BCUT2D eigenvalue weighted by Crippen LogP contribution is -2.40. The van der Waals surface area contributed by atoms with Crippen molar-refractivity contribution in [2.24, 2.45) is 0 Å². The predicted octanol–water partition coefficient (Wildman–Crippen LogP) is 1.45. The minimum Gasteiger partial charge on any atom is -0.273 e. The molecule has 0 aliphatic carbocycles. The Morgan fingerprint density at radius 2 is 2.25 bits per heavy atom. The molecular formula is C11H8FN3O. The average molecular weight is 217 g/mol. The van der Waals surface area contributed by atoms with Crippen LogP contribution in [0.3, 0.4) is 0 Å². The quantitative estimate of drug-likeness (QED) is 0.774. The Hall–Kier alpha value is -2.35. The summed E-state index contributed by atoms with van der Waals surface area (Å²) < 4.78 is 13.2. The van der Waals surface area contributed by atoms with Crippen molar-refractivity contribution < 1.29 is 9.18 Å². The van der Waals surface area contributed by atoms with Gasteiger partial charge in [0.2, 0.25) is 5.91 Å². The zero-order chi connectivity index (χ0) is 11.5. The topological polar surface area (TPSA) is 56.1 Å². The van der Waals surface area contributed by atoms with Crippen LogP contribution in [0, 0.1) is 17.1 Å². The maximum Gasteiger partial charge on any atom is 0.242 e. The van der Waals surface area contributed by atoms with Gasteiger partial charge in [0.1, 0.15) is 5.82 Å². The van der Waals surface area contributed by atoms with Crippen LogP contribution in [0.4, 0.5) is 10.1 Å². The third-order valence-electron chi connectivity index (χ3n) is 2.09. The van der Waals surface area contributed by atoms with Crippen LogP contribution in [0.5, 0.6) is 0 Å². The molecule has 1 aliphatic heterocycles. The van der Waals surface area contributed by atoms with Crippen molar-refractivity contribution in [1.29, 1.82) is 5.26 Å². The summed E-state index contributed by atoms with van der Waals surface area (Å²) in [6, 6.07) is 5.74. The maximum atomic E-state index is 13.2. The number of halogens is 1. The molecule has 0 atom stereocenters. The fourth-order valence-corrected chi connectivity index (χ4v) is 1.41. The summed E-state index contributed by atoms with van der Waals surface area (Å²) in [6.07, 6.45) is 3.59. The minimum atomic E-state index is -0.512. The van der Waals surface area contributed by atoms with Gasteiger partial charge in [0, 0.05) is 12.6 Å². The molecule has 0 saturated carbocycles. The van der Waals surface area contributed by atoms with Crippen LogP contribution in [-0.2, 0) is 4.79 Å². The molecule has 0 radical (unpaired) electrons. The van der Waals surface area contributed by atoms with E-state index in [-0.39, 0.29) is 11.5 Å². The highest BCUT2D eigenvalue weighted by molar-refractivity contribution is 5.81. The molecule has 1 aromatic rings. The summed E-state index contributed by atoms with van der Waals surface area (Å²) in [5.41, 5.74) is 3.17. The Balaban J connectivity index is 2.37. The number of amides is 1. The Bertz CT molecular complexity index is 504. The molecular weight excluding hydrogens is 209 g/mol. The molecule has 0 saturated heterocycles. The zero-order valence-electron chi connectivity index (χ0n) is 8.27. The van der Waals surface area contributed by atoms with Crippen molar-refractivity contribution in [1.82, 2.24) is 5.43 Å². The Kier molecular flexibility index (Phi) is 2.56. The fourth-order valence-electron chi connectivity index (χ4n) is 1.41. The number of anilines is 1. The van der Waals surface area contributed by atoms with E-state index in [9.17, 15) is 9.18 Å². The summed E-state index contributed by atoms with van der Waals surface area (Å²) in [5, 5.41) is 10.1. The van der Waals surface area contributed by atoms with Gasteiger partial charge in [-0.05, 0) is 18.2 Å². The number of benzene rings is 1. The fraction of sp³-hybridized carbons (Fsp3) is 0.0909. The van der Waals surface area contributed by atoms with Crippen molar-refractivity contribution in [3.05, 3.63) is 41.9 Å². The lowest BCUT2D eigenvalue weighted by Gasteiger charge is -2.24. The second-order valence-corrected chi connectivity index (χ2v) is 3.30. The molecule has 0 spiro atoms. The monoisotopic (exact) mass is 217 g/mol. The highest BCUT2D eigenvalue weighted by Crippen LogP contribution is 2.18. The van der Waals surface area contributed by atoms with Gasteiger partial charge in [-0.2, -0.15) is 5.26 Å². The van der Waals surface area contributed by atoms with Crippen molar-refractivity contribution in [3.63, 3.8) is 0 Å². The molecule has 0 aromatic heterocycles. The van der Waals surface area contributed by atoms with E-state index in [0.29, 0.717) is 12.1 Å². The maximum absolute atomic E-state index is 13.2. The van der Waals surface area contributed by atoms with Crippen LogP contribution in [0.15, 0.2) is 30.5 Å². The third-order valence-corrected chi connectivity index (χ3v) is 2.09. The first-order valence-electron chi connectivity index (χ1n) is 4.65. The number of nitrogens with zero attached hydrogens (tertiary/aromatic N) is 2. The van der Waals surface area contributed by atoms with E-state index in [0.717, 1.165) is 6.07 Å². The number of rotatable bonds is 1. The van der Waals surface area contributed by atoms with Gasteiger partial charge in [0.15, 0.2) is 0 Å². The summed E-state index contributed by atoms with van der Waals surface area (Å²) in [5.74, 6) is -0.687. The molecule has 5 heteroatoms. The molecule has 1 amide bonds. The van der Waals surface area contributed by atoms with Gasteiger partial charge >= 0.3 is 0 Å². The van der Waals surface area contributed by atoms with E-state index >= 15 is 0 Å². The molecule has 80 valence electrons. The van der Waals surface area contributed by atoms with Crippen molar-refractivity contribution in [2.45, 2.75) is 6.42 Å². The highest BCUT2D eigenvalue weighted by atomic mass is 19.1. The number of nitrogens with one attached hydrogen (secondary N) is 1. The van der Waals surface area contributed by atoms with E-state index in [1.54, 1.807) is 12.3 Å². The second kappa shape index (κ2) is 4.03. The van der Waals surface area contributed by atoms with E-state index in [2.05, 4.69) is 5.43 Å². The number of carbonyl (C=O) groups is 1. The van der Waals surface area contributed by atoms with Gasteiger partial charge < -0.3 is 0 Å². The van der Waals surface area contributed by atoms with Gasteiger partial charge in [-0.3, -0.25) is 15.2 Å². The van der Waals surface area contributed by atoms with Crippen LogP contribution in [-0.4, -0.2) is 5.91 Å². The van der Waals surface area contributed by atoms with Crippen molar-refractivity contribution >= 4 is 11.6 Å². The molecule has 16 heavy (non-hydrogen) atoms. The number of hydrogen-bond acceptors (Lipinski definition) is 3. The van der Waals surface area contributed by atoms with E-state index in [1.165, 1.54) is 17.1 Å². The highest BCUT2D eigenvalue weighted by Gasteiger charge is 2.12. The van der Waals surface area contributed by atoms with Crippen LogP contribution in [0.25, 0.3) is 0 Å². The van der Waals surface area contributed by atoms with Gasteiger partial charge in [0.25, 0.3) is 0 Å². The SMILES string of the molecule is N#Cc1cc(F)cc(N2C=CCC(=O)N2)c1. The molecule has 4 nitrogen and oxygen atoms in total. The number of hydrazine groups is 1. The molecule has 1 heterocycles. The minimum absolute atomic E-state index is 0.176. The Morgan fingerprint density at radius 1 is 1.44 bits per heavy atom. The molecule has 0 bridgehead atoms. The first kappa shape index (κ1) is 10.2. The molecule has 1 aliphatic rings. The standard InChI is InChI=1S/C11H8FN3O/c12-9-4-8(7-13)5-10(6-9)15-3-1-2-11(16)14-15/h1,3-6H,2H2,(H,14,16). The first-order chi connectivity index (χ1) is 7.69. The van der Waals surface area contributed by atoms with Crippen LogP contribution < -0.4 is 10.4 Å². The molecule has 2 rings (SSSR count). The summed E-state index contributed by atoms with van der Waals surface area (Å²) >= 11 is 0. The normalized spacial score (nSPS) is 14.5. The Labute approximate surface area is 91.6 Å². The average Bonchev–Trinajstić information content (AvgIpc) is 2.28. The van der Waals surface area contributed by atoms with E-state index in [4.69, 9.17) is 5.26 Å². The summed E-state index contributed by atoms with van der Waals surface area (Å²) in [7, 11) is 0. The summed E-state index contributed by atoms with van der Waals surface area (Å²) in [4.78, 5) is 11.1. The molecule has 1 N–H and O–H groups in total. The van der Waals surface area contributed by atoms with Crippen molar-refractivity contribution in [3.8, 4) is 6.07 Å². The molecule has 0 fully saturated rings. The van der Waals surface area contributed by atoms with Gasteiger partial charge in [-0.1, -0.05) is 6.08 Å². The summed E-state index contributed by atoms with van der Waals surface area (Å²) in [6.45, 7) is 0. The van der Waals surface area contributed by atoms with E-state index < -0.39 is 5.82 Å². The van der Waals surface area contributed by atoms with Crippen LogP contribution in [0.2, 0.25) is 0 Å². The largest absolute Gasteiger partial charge is 0.273 e. The van der Waals surface area contributed by atoms with Crippen LogP contribution in [0.1, 0.15) is 12.0 Å². The van der Waals surface area contributed by atoms with Gasteiger partial charge in [0.05, 0.1) is 17.3 Å². The smallest absolute Gasteiger partial charge is 0.242 e. The predicted molar refractivity (Wildman–Crippen MR) is 55.5 cm³/mol. The number of hydrogen-bond donors (Lipinski definition) is 1. The third kappa shape index (κ3) is 2.01. The number of carbonyl (C=O) groups excluding carboxylic acids is 1. The lowest BCUT2D eigenvalue weighted by molar-refractivity contribution is -0.120. The van der Waals surface area contributed by atoms with E-state index in [1.807, 2.05) is 6.07 Å². The van der Waals surface area contributed by atoms with Crippen LogP contribution >= 0.6 is 0 Å². The molecule has 1 aromatic carbocycles. The number of nitriles is 1. The Morgan fingerprint density at radius 3 is 2.94 bits per heavy atom. The second-order valence-electron chi connectivity index (χ2n) is 3.30. The van der Waals surface area contributed by atoms with Gasteiger partial charge in [-0.15, -0.1) is 0 Å². The van der Waals surface area contributed by atoms with Gasteiger partial charge in [-0.25, -0.2) is 4.39 Å². The molecule has 0 unspecified atom stereocenters. The lowest BCUT2D eigenvalue weighted by atomic mass is 10.2. The first-order valence-corrected chi connectivity index (χ1v) is 4.65.